The lowest BCUT2D eigenvalue weighted by Gasteiger charge is -2.21. The number of nitrogens with one attached hydrogen (secondary N) is 1. The van der Waals surface area contributed by atoms with E-state index in [1.807, 2.05) is 18.2 Å². The van der Waals surface area contributed by atoms with Crippen molar-refractivity contribution < 1.29 is 13.2 Å². The van der Waals surface area contributed by atoms with Crippen LogP contribution in [0.1, 0.15) is 12.0 Å². The smallest absolute Gasteiger partial charge is 0.238 e. The van der Waals surface area contributed by atoms with E-state index in [4.69, 9.17) is 9.88 Å². The molecule has 1 aliphatic heterocycles. The SMILES string of the molecule is CN=C(NCc1ccc(S(N)(=O)=O)cc1)N1CCC(Oc2ccccn2)C1.I. The van der Waals surface area contributed by atoms with Crippen molar-refractivity contribution in [2.45, 2.75) is 24.0 Å². The van der Waals surface area contributed by atoms with E-state index in [-0.39, 0.29) is 35.0 Å². The minimum absolute atomic E-state index is 0. The van der Waals surface area contributed by atoms with Crippen molar-refractivity contribution in [3.05, 3.63) is 54.2 Å². The highest BCUT2D eigenvalue weighted by Gasteiger charge is 2.26. The minimum Gasteiger partial charge on any atom is -0.472 e. The van der Waals surface area contributed by atoms with Gasteiger partial charge < -0.3 is 15.0 Å². The van der Waals surface area contributed by atoms with E-state index in [1.54, 1.807) is 25.4 Å². The first-order valence-corrected chi connectivity index (χ1v) is 10.2. The maximum absolute atomic E-state index is 11.3. The van der Waals surface area contributed by atoms with Gasteiger partial charge in [0.05, 0.1) is 11.4 Å². The highest BCUT2D eigenvalue weighted by atomic mass is 127. The number of nitrogens with zero attached hydrogens (tertiary/aromatic N) is 3. The average Bonchev–Trinajstić information content (AvgIpc) is 3.11. The van der Waals surface area contributed by atoms with E-state index in [1.165, 1.54) is 12.1 Å². The first kappa shape index (κ1) is 22.4. The first-order chi connectivity index (χ1) is 13.0. The molecule has 0 amide bonds. The Morgan fingerprint density at radius 2 is 2.07 bits per heavy atom. The Morgan fingerprint density at radius 3 is 2.68 bits per heavy atom. The van der Waals surface area contributed by atoms with Crippen molar-refractivity contribution in [1.82, 2.24) is 15.2 Å². The topological polar surface area (TPSA) is 110 Å². The van der Waals surface area contributed by atoms with Crippen molar-refractivity contribution >= 4 is 40.0 Å². The first-order valence-electron chi connectivity index (χ1n) is 8.61. The van der Waals surface area contributed by atoms with Crippen LogP contribution in [0.2, 0.25) is 0 Å². The van der Waals surface area contributed by atoms with E-state index >= 15 is 0 Å². The summed E-state index contributed by atoms with van der Waals surface area (Å²) in [6, 6.07) is 12.1. The summed E-state index contributed by atoms with van der Waals surface area (Å²) in [6.45, 7) is 2.09. The maximum Gasteiger partial charge on any atom is 0.238 e. The van der Waals surface area contributed by atoms with Crippen molar-refractivity contribution in [3.63, 3.8) is 0 Å². The number of likely N-dealkylation sites (tertiary alicyclic amines) is 1. The van der Waals surface area contributed by atoms with Crippen LogP contribution < -0.4 is 15.2 Å². The predicted molar refractivity (Wildman–Crippen MR) is 118 cm³/mol. The van der Waals surface area contributed by atoms with Crippen LogP contribution in [0.25, 0.3) is 0 Å². The number of hydrogen-bond donors (Lipinski definition) is 2. The summed E-state index contributed by atoms with van der Waals surface area (Å²) in [4.78, 5) is 10.8. The van der Waals surface area contributed by atoms with Crippen molar-refractivity contribution in [3.8, 4) is 5.88 Å². The van der Waals surface area contributed by atoms with Crippen LogP contribution in [-0.4, -0.2) is 50.5 Å². The van der Waals surface area contributed by atoms with E-state index in [9.17, 15) is 8.42 Å². The number of pyridine rings is 1. The summed E-state index contributed by atoms with van der Waals surface area (Å²) < 4.78 is 28.5. The van der Waals surface area contributed by atoms with E-state index in [0.717, 1.165) is 31.0 Å². The molecule has 1 unspecified atom stereocenters. The molecule has 2 aromatic rings. The normalized spacial score (nSPS) is 17.1. The van der Waals surface area contributed by atoms with Crippen molar-refractivity contribution in [2.75, 3.05) is 20.1 Å². The fraction of sp³-hybridized carbons (Fsp3) is 0.333. The van der Waals surface area contributed by atoms with Gasteiger partial charge in [-0.05, 0) is 23.8 Å². The Hall–Kier alpha value is -1.92. The Bertz CT molecular complexity index is 891. The second kappa shape index (κ2) is 10.0. The van der Waals surface area contributed by atoms with Gasteiger partial charge in [0.1, 0.15) is 6.10 Å². The largest absolute Gasteiger partial charge is 0.472 e. The molecule has 10 heteroatoms. The number of halogens is 1. The summed E-state index contributed by atoms with van der Waals surface area (Å²) in [7, 11) is -1.94. The molecule has 3 N–H and O–H groups in total. The zero-order valence-corrected chi connectivity index (χ0v) is 18.6. The maximum atomic E-state index is 11.3. The Balaban J connectivity index is 0.00000280. The molecule has 0 saturated carbocycles. The summed E-state index contributed by atoms with van der Waals surface area (Å²) in [5.41, 5.74) is 0.934. The zero-order valence-electron chi connectivity index (χ0n) is 15.5. The second-order valence-electron chi connectivity index (χ2n) is 6.23. The molecule has 8 nitrogen and oxygen atoms in total. The molecule has 1 aliphatic rings. The van der Waals surface area contributed by atoms with Gasteiger partial charge in [-0.2, -0.15) is 0 Å². The van der Waals surface area contributed by atoms with Crippen LogP contribution in [0.5, 0.6) is 5.88 Å². The van der Waals surface area contributed by atoms with Crippen molar-refractivity contribution in [1.29, 1.82) is 0 Å². The van der Waals surface area contributed by atoms with E-state index in [0.29, 0.717) is 12.4 Å². The summed E-state index contributed by atoms with van der Waals surface area (Å²) in [6.07, 6.45) is 2.66. The highest BCUT2D eigenvalue weighted by molar-refractivity contribution is 14.0. The number of aliphatic imine (C=N–C) groups is 1. The lowest BCUT2D eigenvalue weighted by molar-refractivity contribution is 0.205. The van der Waals surface area contributed by atoms with Gasteiger partial charge in [-0.25, -0.2) is 18.5 Å². The fourth-order valence-electron chi connectivity index (χ4n) is 2.91. The van der Waals surface area contributed by atoms with Gasteiger partial charge in [-0.3, -0.25) is 4.99 Å². The molecule has 0 radical (unpaired) electrons. The number of ether oxygens (including phenoxy) is 1. The molecule has 0 aliphatic carbocycles. The highest BCUT2D eigenvalue weighted by Crippen LogP contribution is 2.16. The molecule has 1 saturated heterocycles. The number of aromatic nitrogens is 1. The number of guanidine groups is 1. The zero-order chi connectivity index (χ0) is 19.3. The molecule has 1 fully saturated rings. The van der Waals surface area contributed by atoms with Crippen LogP contribution in [0.3, 0.4) is 0 Å². The third kappa shape index (κ3) is 6.04. The third-order valence-corrected chi connectivity index (χ3v) is 5.21. The molecule has 1 atom stereocenters. The monoisotopic (exact) mass is 517 g/mol. The molecular formula is C18H24IN5O3S. The Morgan fingerprint density at radius 1 is 1.32 bits per heavy atom. The van der Waals surface area contributed by atoms with Crippen LogP contribution in [0.15, 0.2) is 58.5 Å². The minimum atomic E-state index is -3.67. The van der Waals surface area contributed by atoms with Gasteiger partial charge in [-0.1, -0.05) is 18.2 Å². The number of rotatable bonds is 5. The van der Waals surface area contributed by atoms with E-state index in [2.05, 4.69) is 20.2 Å². The van der Waals surface area contributed by atoms with Gasteiger partial charge in [0.15, 0.2) is 5.96 Å². The van der Waals surface area contributed by atoms with Crippen molar-refractivity contribution in [2.24, 2.45) is 10.1 Å². The molecular weight excluding hydrogens is 493 g/mol. The summed E-state index contributed by atoms with van der Waals surface area (Å²) >= 11 is 0. The van der Waals surface area contributed by atoms with Gasteiger partial charge in [0.25, 0.3) is 0 Å². The fourth-order valence-corrected chi connectivity index (χ4v) is 3.43. The lowest BCUT2D eigenvalue weighted by Crippen LogP contribution is -2.40. The van der Waals surface area contributed by atoms with Gasteiger partial charge in [-0.15, -0.1) is 24.0 Å². The summed E-state index contributed by atoms with van der Waals surface area (Å²) in [5, 5.41) is 8.41. The van der Waals surface area contributed by atoms with Crippen LogP contribution in [0.4, 0.5) is 0 Å². The Labute approximate surface area is 182 Å². The number of hydrogen-bond acceptors (Lipinski definition) is 5. The number of benzene rings is 1. The lowest BCUT2D eigenvalue weighted by atomic mass is 10.2. The molecule has 1 aromatic heterocycles. The molecule has 28 heavy (non-hydrogen) atoms. The number of sulfonamides is 1. The predicted octanol–water partition coefficient (Wildman–Crippen LogP) is 1.58. The van der Waals surface area contributed by atoms with E-state index < -0.39 is 10.0 Å². The van der Waals surface area contributed by atoms with Gasteiger partial charge in [0.2, 0.25) is 15.9 Å². The second-order valence-corrected chi connectivity index (χ2v) is 7.79. The van der Waals surface area contributed by atoms with Gasteiger partial charge >= 0.3 is 0 Å². The third-order valence-electron chi connectivity index (χ3n) is 4.28. The van der Waals surface area contributed by atoms with Crippen LogP contribution in [-0.2, 0) is 16.6 Å². The van der Waals surface area contributed by atoms with Gasteiger partial charge in [0, 0.05) is 38.8 Å². The summed E-state index contributed by atoms with van der Waals surface area (Å²) in [5.74, 6) is 1.40. The van der Waals surface area contributed by atoms with Crippen LogP contribution in [0, 0.1) is 0 Å². The molecule has 0 bridgehead atoms. The quantitative estimate of drug-likeness (QED) is 0.354. The molecule has 1 aromatic carbocycles. The van der Waals surface area contributed by atoms with Crippen LogP contribution >= 0.6 is 24.0 Å². The standard InChI is InChI=1S/C18H23N5O3S.HI/c1-20-18(22-12-14-5-7-16(8-6-14)27(19,24)25)23-11-9-15(13-23)26-17-4-2-3-10-21-17;/h2-8,10,15H,9,11-13H2,1H3,(H,20,22)(H2,19,24,25);1H. The number of primary sulfonamides is 1. The molecule has 2 heterocycles. The number of nitrogens with two attached hydrogens (primary N) is 1. The molecule has 3 rings (SSSR count). The Kier molecular flexibility index (Phi) is 8.01. The molecule has 0 spiro atoms. The average molecular weight is 517 g/mol. The molecule has 152 valence electrons.